The Balaban J connectivity index is 2.90. The molecule has 1 aromatic rings. The number of amides is 1. The topological polar surface area (TPSA) is 51.7 Å². The van der Waals surface area contributed by atoms with Crippen molar-refractivity contribution in [3.05, 3.63) is 23.9 Å². The number of rotatable bonds is 3. The Labute approximate surface area is 82.2 Å². The molecule has 0 bridgehead atoms. The van der Waals surface area contributed by atoms with E-state index in [4.69, 9.17) is 9.57 Å². The predicted molar refractivity (Wildman–Crippen MR) is 49.9 cm³/mol. The molecule has 0 aromatic carbocycles. The molecule has 0 unspecified atom stereocenters. The average molecular weight is 196 g/mol. The summed E-state index contributed by atoms with van der Waals surface area (Å²) in [7, 11) is 4.43. The summed E-state index contributed by atoms with van der Waals surface area (Å²) in [6.45, 7) is 0. The second-order valence-electron chi connectivity index (χ2n) is 2.55. The quantitative estimate of drug-likeness (QED) is 0.668. The van der Waals surface area contributed by atoms with Crippen molar-refractivity contribution in [2.24, 2.45) is 0 Å². The molecule has 14 heavy (non-hydrogen) atoms. The Morgan fingerprint density at radius 2 is 2.14 bits per heavy atom. The maximum Gasteiger partial charge on any atom is 0.295 e. The summed E-state index contributed by atoms with van der Waals surface area (Å²) in [5.41, 5.74) is 0.286. The zero-order valence-electron chi connectivity index (χ0n) is 8.35. The summed E-state index contributed by atoms with van der Waals surface area (Å²) in [6.07, 6.45) is 0. The van der Waals surface area contributed by atoms with Crippen molar-refractivity contribution in [2.75, 3.05) is 21.3 Å². The van der Waals surface area contributed by atoms with Crippen molar-refractivity contribution in [3.63, 3.8) is 0 Å². The number of hydroxylamine groups is 2. The van der Waals surface area contributed by atoms with Crippen LogP contribution in [-0.2, 0) is 4.84 Å². The lowest BCUT2D eigenvalue weighted by molar-refractivity contribution is -0.0760. The van der Waals surface area contributed by atoms with Crippen molar-refractivity contribution in [1.82, 2.24) is 10.0 Å². The van der Waals surface area contributed by atoms with Gasteiger partial charge in [-0.1, -0.05) is 6.07 Å². The van der Waals surface area contributed by atoms with E-state index in [1.807, 2.05) is 0 Å². The fourth-order valence-electron chi connectivity index (χ4n) is 0.892. The van der Waals surface area contributed by atoms with E-state index >= 15 is 0 Å². The van der Waals surface area contributed by atoms with Gasteiger partial charge in [0, 0.05) is 13.1 Å². The molecule has 1 rings (SSSR count). The van der Waals surface area contributed by atoms with Crippen molar-refractivity contribution in [3.8, 4) is 5.88 Å². The van der Waals surface area contributed by atoms with E-state index in [2.05, 4.69) is 4.98 Å². The van der Waals surface area contributed by atoms with Gasteiger partial charge in [-0.25, -0.2) is 10.0 Å². The van der Waals surface area contributed by atoms with Gasteiger partial charge in [-0.15, -0.1) is 0 Å². The molecule has 0 atom stereocenters. The molecule has 0 saturated heterocycles. The lowest BCUT2D eigenvalue weighted by atomic mass is 10.3. The van der Waals surface area contributed by atoms with Crippen LogP contribution in [-0.4, -0.2) is 37.2 Å². The molecular weight excluding hydrogens is 184 g/mol. The summed E-state index contributed by atoms with van der Waals surface area (Å²) < 4.78 is 4.90. The highest BCUT2D eigenvalue weighted by Gasteiger charge is 2.12. The van der Waals surface area contributed by atoms with Crippen LogP contribution in [0.4, 0.5) is 0 Å². The van der Waals surface area contributed by atoms with Crippen LogP contribution in [0.15, 0.2) is 18.2 Å². The fraction of sp³-hybridized carbons (Fsp3) is 0.333. The van der Waals surface area contributed by atoms with E-state index in [1.165, 1.54) is 21.3 Å². The van der Waals surface area contributed by atoms with Crippen LogP contribution in [0.25, 0.3) is 0 Å². The van der Waals surface area contributed by atoms with Gasteiger partial charge in [0.05, 0.1) is 14.2 Å². The van der Waals surface area contributed by atoms with E-state index in [9.17, 15) is 4.79 Å². The minimum Gasteiger partial charge on any atom is -0.481 e. The highest BCUT2D eigenvalue weighted by atomic mass is 16.7. The Hall–Kier alpha value is -1.62. The molecule has 1 aromatic heterocycles. The largest absolute Gasteiger partial charge is 0.481 e. The van der Waals surface area contributed by atoms with E-state index in [-0.39, 0.29) is 11.6 Å². The number of ether oxygens (including phenoxy) is 1. The molecule has 5 nitrogen and oxygen atoms in total. The number of aromatic nitrogens is 1. The van der Waals surface area contributed by atoms with Crippen molar-refractivity contribution in [2.45, 2.75) is 0 Å². The smallest absolute Gasteiger partial charge is 0.295 e. The lowest BCUT2D eigenvalue weighted by Gasteiger charge is -2.12. The Kier molecular flexibility index (Phi) is 3.41. The van der Waals surface area contributed by atoms with E-state index in [0.717, 1.165) is 5.06 Å². The molecule has 0 aliphatic rings. The Bertz CT molecular complexity index is 328. The molecule has 0 radical (unpaired) electrons. The van der Waals surface area contributed by atoms with Crippen LogP contribution in [0, 0.1) is 0 Å². The number of pyridine rings is 1. The van der Waals surface area contributed by atoms with Crippen LogP contribution in [0.2, 0.25) is 0 Å². The molecule has 0 aliphatic carbocycles. The first-order valence-electron chi connectivity index (χ1n) is 4.02. The van der Waals surface area contributed by atoms with Gasteiger partial charge >= 0.3 is 0 Å². The second-order valence-corrected chi connectivity index (χ2v) is 2.55. The third kappa shape index (κ3) is 2.20. The summed E-state index contributed by atoms with van der Waals surface area (Å²) in [6, 6.07) is 4.96. The Morgan fingerprint density at radius 3 is 2.71 bits per heavy atom. The molecule has 0 spiro atoms. The van der Waals surface area contributed by atoms with Gasteiger partial charge in [-0.05, 0) is 6.07 Å². The monoisotopic (exact) mass is 196 g/mol. The standard InChI is InChI=1S/C9H12N2O3/c1-11(14-3)9(12)7-5-4-6-8(10-7)13-2/h4-6H,1-3H3. The Morgan fingerprint density at radius 1 is 1.43 bits per heavy atom. The molecule has 76 valence electrons. The maximum absolute atomic E-state index is 11.5. The summed E-state index contributed by atoms with van der Waals surface area (Å²) >= 11 is 0. The molecule has 0 saturated carbocycles. The minimum absolute atomic E-state index is 0.286. The number of methoxy groups -OCH3 is 1. The molecular formula is C9H12N2O3. The third-order valence-electron chi connectivity index (χ3n) is 1.71. The van der Waals surface area contributed by atoms with E-state index < -0.39 is 0 Å². The van der Waals surface area contributed by atoms with E-state index in [1.54, 1.807) is 18.2 Å². The first-order chi connectivity index (χ1) is 6.69. The molecule has 0 fully saturated rings. The maximum atomic E-state index is 11.5. The zero-order chi connectivity index (χ0) is 10.6. The number of nitrogens with zero attached hydrogens (tertiary/aromatic N) is 2. The predicted octanol–water partition coefficient (Wildman–Crippen LogP) is 0.724. The summed E-state index contributed by atoms with van der Waals surface area (Å²) in [5, 5.41) is 1.10. The van der Waals surface area contributed by atoms with Gasteiger partial charge in [0.15, 0.2) is 0 Å². The number of hydrogen-bond donors (Lipinski definition) is 0. The van der Waals surface area contributed by atoms with Gasteiger partial charge in [-0.2, -0.15) is 0 Å². The first kappa shape index (κ1) is 10.5. The molecule has 0 aliphatic heterocycles. The first-order valence-corrected chi connectivity index (χ1v) is 4.02. The summed E-state index contributed by atoms with van der Waals surface area (Å²) in [4.78, 5) is 20.2. The highest BCUT2D eigenvalue weighted by molar-refractivity contribution is 5.91. The zero-order valence-corrected chi connectivity index (χ0v) is 8.35. The second kappa shape index (κ2) is 4.57. The van der Waals surface area contributed by atoms with Crippen molar-refractivity contribution < 1.29 is 14.4 Å². The number of hydrogen-bond acceptors (Lipinski definition) is 4. The number of carbonyl (C=O) groups is 1. The SMILES string of the molecule is COc1cccc(C(=O)N(C)OC)n1. The van der Waals surface area contributed by atoms with Crippen molar-refractivity contribution >= 4 is 5.91 Å². The molecule has 5 heteroatoms. The van der Waals surface area contributed by atoms with Gasteiger partial charge < -0.3 is 4.74 Å². The minimum atomic E-state index is -0.314. The summed E-state index contributed by atoms with van der Waals surface area (Å²) in [5.74, 6) is 0.0896. The van der Waals surface area contributed by atoms with Gasteiger partial charge in [0.1, 0.15) is 5.69 Å². The molecule has 1 amide bonds. The number of carbonyl (C=O) groups excluding carboxylic acids is 1. The van der Waals surface area contributed by atoms with Crippen LogP contribution < -0.4 is 4.74 Å². The lowest BCUT2D eigenvalue weighted by Crippen LogP contribution is -2.26. The average Bonchev–Trinajstić information content (AvgIpc) is 2.27. The van der Waals surface area contributed by atoms with Crippen LogP contribution >= 0.6 is 0 Å². The van der Waals surface area contributed by atoms with Crippen LogP contribution in [0.3, 0.4) is 0 Å². The third-order valence-corrected chi connectivity index (χ3v) is 1.71. The van der Waals surface area contributed by atoms with Crippen LogP contribution in [0.1, 0.15) is 10.5 Å². The fourth-order valence-corrected chi connectivity index (χ4v) is 0.892. The van der Waals surface area contributed by atoms with Crippen LogP contribution in [0.5, 0.6) is 5.88 Å². The highest BCUT2D eigenvalue weighted by Crippen LogP contribution is 2.08. The van der Waals surface area contributed by atoms with Gasteiger partial charge in [0.25, 0.3) is 5.91 Å². The van der Waals surface area contributed by atoms with E-state index in [0.29, 0.717) is 5.88 Å². The molecule has 1 heterocycles. The van der Waals surface area contributed by atoms with Gasteiger partial charge in [-0.3, -0.25) is 9.63 Å². The molecule has 0 N–H and O–H groups in total. The van der Waals surface area contributed by atoms with Gasteiger partial charge in [0.2, 0.25) is 5.88 Å². The normalized spacial score (nSPS) is 9.64. The van der Waals surface area contributed by atoms with Crippen molar-refractivity contribution in [1.29, 1.82) is 0 Å².